The van der Waals surface area contributed by atoms with Crippen molar-refractivity contribution in [3.05, 3.63) is 78.2 Å². The molecule has 1 aliphatic heterocycles. The summed E-state index contributed by atoms with van der Waals surface area (Å²) in [4.78, 5) is 33.8. The highest BCUT2D eigenvalue weighted by Gasteiger charge is 2.33. The third-order valence-electron chi connectivity index (χ3n) is 5.97. The van der Waals surface area contributed by atoms with Gasteiger partial charge in [0.2, 0.25) is 0 Å². The van der Waals surface area contributed by atoms with Gasteiger partial charge >= 0.3 is 5.97 Å². The van der Waals surface area contributed by atoms with Gasteiger partial charge in [0.1, 0.15) is 0 Å². The van der Waals surface area contributed by atoms with Gasteiger partial charge < -0.3 is 9.64 Å². The second kappa shape index (κ2) is 9.42. The van der Waals surface area contributed by atoms with E-state index in [0.717, 1.165) is 29.1 Å². The van der Waals surface area contributed by atoms with Crippen LogP contribution in [0.4, 0.5) is 5.69 Å². The number of aryl methyl sites for hydroxylation is 1. The first-order valence-corrected chi connectivity index (χ1v) is 12.1. The predicted octanol–water partition coefficient (Wildman–Crippen LogP) is 2.39. The molecule has 3 heterocycles. The van der Waals surface area contributed by atoms with Crippen molar-refractivity contribution in [1.29, 1.82) is 0 Å². The van der Waals surface area contributed by atoms with Gasteiger partial charge in [-0.2, -0.15) is 5.10 Å². The van der Waals surface area contributed by atoms with Crippen molar-refractivity contribution in [3.8, 4) is 0 Å². The standard InChI is InChI=1S/C25H29N5O3S/c1-7-29-16(4)18(14-26-29)13-20-23(31)30-22(17-9-11-19(12-10-17)28(5)6)21(24(32)33-8-2)15(3)27-25(30)34-20/h9-14,22H,7-8H2,1-6H3/b20-13+/t22-/m1/s1. The van der Waals surface area contributed by atoms with Crippen LogP contribution in [0.5, 0.6) is 0 Å². The van der Waals surface area contributed by atoms with Crippen LogP contribution in [0, 0.1) is 6.92 Å². The Morgan fingerprint density at radius 1 is 1.21 bits per heavy atom. The summed E-state index contributed by atoms with van der Waals surface area (Å²) in [6.45, 7) is 8.57. The highest BCUT2D eigenvalue weighted by Crippen LogP contribution is 2.31. The molecule has 0 N–H and O–H groups in total. The number of thiazole rings is 1. The molecule has 0 fully saturated rings. The number of benzene rings is 1. The summed E-state index contributed by atoms with van der Waals surface area (Å²) in [7, 11) is 3.93. The molecule has 0 saturated heterocycles. The molecule has 3 aromatic rings. The first kappa shape index (κ1) is 23.7. The number of esters is 1. The number of hydrogen-bond acceptors (Lipinski definition) is 7. The van der Waals surface area contributed by atoms with E-state index < -0.39 is 12.0 Å². The largest absolute Gasteiger partial charge is 0.463 e. The van der Waals surface area contributed by atoms with Gasteiger partial charge in [0, 0.05) is 37.6 Å². The lowest BCUT2D eigenvalue weighted by atomic mass is 9.95. The van der Waals surface area contributed by atoms with E-state index in [1.54, 1.807) is 24.6 Å². The monoisotopic (exact) mass is 479 g/mol. The Balaban J connectivity index is 1.93. The number of allylic oxidation sites excluding steroid dienone is 1. The van der Waals surface area contributed by atoms with E-state index in [-0.39, 0.29) is 12.2 Å². The van der Waals surface area contributed by atoms with Gasteiger partial charge in [-0.15, -0.1) is 0 Å². The average Bonchev–Trinajstić information content (AvgIpc) is 3.32. The van der Waals surface area contributed by atoms with Crippen LogP contribution in [0.3, 0.4) is 0 Å². The van der Waals surface area contributed by atoms with Crippen LogP contribution in [0.1, 0.15) is 43.6 Å². The second-order valence-corrected chi connectivity index (χ2v) is 9.30. The zero-order valence-corrected chi connectivity index (χ0v) is 21.1. The molecule has 8 nitrogen and oxygen atoms in total. The molecular formula is C25H29N5O3S. The molecule has 4 rings (SSSR count). The third-order valence-corrected chi connectivity index (χ3v) is 6.95. The fraction of sp³-hybridized carbons (Fsp3) is 0.360. The molecule has 0 amide bonds. The van der Waals surface area contributed by atoms with Gasteiger partial charge in [-0.05, 0) is 51.5 Å². The summed E-state index contributed by atoms with van der Waals surface area (Å²) in [5.41, 5.74) is 4.48. The minimum atomic E-state index is -0.617. The van der Waals surface area contributed by atoms with Gasteiger partial charge in [0.05, 0.1) is 34.6 Å². The first-order chi connectivity index (χ1) is 16.3. The number of fused-ring (bicyclic) bond motifs is 1. The summed E-state index contributed by atoms with van der Waals surface area (Å²) in [5, 5.41) is 4.38. The van der Waals surface area contributed by atoms with E-state index in [2.05, 4.69) is 10.1 Å². The summed E-state index contributed by atoms with van der Waals surface area (Å²) >= 11 is 1.32. The Morgan fingerprint density at radius 3 is 2.50 bits per heavy atom. The SMILES string of the molecule is CCOC(=O)C1=C(C)N=c2s/c(=C/c3cnn(CC)c3C)c(=O)n2[C@@H]1c1ccc(N(C)C)cc1. The molecule has 0 bridgehead atoms. The summed E-state index contributed by atoms with van der Waals surface area (Å²) in [5.74, 6) is -0.459. The normalized spacial score (nSPS) is 15.8. The summed E-state index contributed by atoms with van der Waals surface area (Å²) < 4.78 is 9.41. The van der Waals surface area contributed by atoms with E-state index in [4.69, 9.17) is 4.74 Å². The fourth-order valence-corrected chi connectivity index (χ4v) is 5.16. The maximum absolute atomic E-state index is 13.7. The molecule has 34 heavy (non-hydrogen) atoms. The third kappa shape index (κ3) is 4.11. The van der Waals surface area contributed by atoms with Gasteiger partial charge in [-0.25, -0.2) is 9.79 Å². The van der Waals surface area contributed by atoms with E-state index in [9.17, 15) is 9.59 Å². The topological polar surface area (TPSA) is 81.7 Å². The Bertz CT molecular complexity index is 1440. The van der Waals surface area contributed by atoms with Crippen LogP contribution in [0.15, 0.2) is 51.5 Å². The van der Waals surface area contributed by atoms with Gasteiger partial charge in [-0.3, -0.25) is 14.0 Å². The van der Waals surface area contributed by atoms with Crippen molar-refractivity contribution in [1.82, 2.24) is 14.3 Å². The summed E-state index contributed by atoms with van der Waals surface area (Å²) in [6.07, 6.45) is 3.62. The van der Waals surface area contributed by atoms with E-state index in [1.807, 2.05) is 67.9 Å². The lowest BCUT2D eigenvalue weighted by Gasteiger charge is -2.25. The molecular weight excluding hydrogens is 450 g/mol. The Kier molecular flexibility index (Phi) is 6.56. The molecule has 0 unspecified atom stereocenters. The Hall–Kier alpha value is -3.46. The number of aromatic nitrogens is 3. The smallest absolute Gasteiger partial charge is 0.338 e. The maximum atomic E-state index is 13.7. The highest BCUT2D eigenvalue weighted by atomic mass is 32.1. The molecule has 0 saturated carbocycles. The minimum Gasteiger partial charge on any atom is -0.463 e. The second-order valence-electron chi connectivity index (χ2n) is 8.29. The first-order valence-electron chi connectivity index (χ1n) is 11.3. The molecule has 1 atom stereocenters. The Labute approximate surface area is 202 Å². The molecule has 1 aliphatic rings. The number of carbonyl (C=O) groups is 1. The molecule has 0 aliphatic carbocycles. The predicted molar refractivity (Wildman–Crippen MR) is 134 cm³/mol. The molecule has 9 heteroatoms. The number of nitrogens with zero attached hydrogens (tertiary/aromatic N) is 5. The number of rotatable bonds is 6. The number of ether oxygens (including phenoxy) is 1. The zero-order chi connectivity index (χ0) is 24.6. The van der Waals surface area contributed by atoms with Crippen molar-refractivity contribution < 1.29 is 9.53 Å². The van der Waals surface area contributed by atoms with Gasteiger partial charge in [-0.1, -0.05) is 23.5 Å². The number of anilines is 1. The van der Waals surface area contributed by atoms with Gasteiger partial charge in [0.25, 0.3) is 5.56 Å². The average molecular weight is 480 g/mol. The molecule has 0 spiro atoms. The van der Waals surface area contributed by atoms with Crippen LogP contribution in [0.2, 0.25) is 0 Å². The molecule has 0 radical (unpaired) electrons. The fourth-order valence-electron chi connectivity index (χ4n) is 4.12. The van der Waals surface area contributed by atoms with E-state index in [1.165, 1.54) is 11.3 Å². The van der Waals surface area contributed by atoms with Crippen LogP contribution in [-0.4, -0.2) is 41.0 Å². The van der Waals surface area contributed by atoms with Crippen LogP contribution < -0.4 is 19.8 Å². The van der Waals surface area contributed by atoms with Crippen molar-refractivity contribution >= 4 is 29.1 Å². The maximum Gasteiger partial charge on any atom is 0.338 e. The lowest BCUT2D eigenvalue weighted by Crippen LogP contribution is -2.40. The van der Waals surface area contributed by atoms with Crippen molar-refractivity contribution in [2.75, 3.05) is 25.6 Å². The lowest BCUT2D eigenvalue weighted by molar-refractivity contribution is -0.139. The molecule has 1 aromatic carbocycles. The molecule has 178 valence electrons. The van der Waals surface area contributed by atoms with Crippen LogP contribution >= 0.6 is 11.3 Å². The quantitative estimate of drug-likeness (QED) is 0.507. The van der Waals surface area contributed by atoms with Crippen molar-refractivity contribution in [2.24, 2.45) is 4.99 Å². The van der Waals surface area contributed by atoms with Gasteiger partial charge in [0.15, 0.2) is 4.80 Å². The number of carbonyl (C=O) groups excluding carboxylic acids is 1. The molecule has 2 aromatic heterocycles. The summed E-state index contributed by atoms with van der Waals surface area (Å²) in [6, 6.07) is 7.24. The number of hydrogen-bond donors (Lipinski definition) is 0. The van der Waals surface area contributed by atoms with Crippen molar-refractivity contribution in [2.45, 2.75) is 40.3 Å². The van der Waals surface area contributed by atoms with Crippen LogP contribution in [-0.2, 0) is 16.1 Å². The zero-order valence-electron chi connectivity index (χ0n) is 20.3. The van der Waals surface area contributed by atoms with Crippen LogP contribution in [0.25, 0.3) is 6.08 Å². The van der Waals surface area contributed by atoms with Crippen molar-refractivity contribution in [3.63, 3.8) is 0 Å². The van der Waals surface area contributed by atoms with E-state index >= 15 is 0 Å². The highest BCUT2D eigenvalue weighted by molar-refractivity contribution is 7.07. The Morgan fingerprint density at radius 2 is 1.91 bits per heavy atom. The van der Waals surface area contributed by atoms with E-state index in [0.29, 0.717) is 20.6 Å². The minimum absolute atomic E-state index is 0.191.